The fraction of sp³-hybridized carbons (Fsp3) is 0.562. The molecule has 5 nitrogen and oxygen atoms in total. The standard InChI is InChI=1S/C16H22N2O3/c1-12-10-18(16(2,3)11-21-12)15(20)7-6-14(19)13-5-4-8-17-9-13/h4-5,8-9,12H,6-7,10-11H2,1-3H3. The smallest absolute Gasteiger partial charge is 0.223 e. The van der Waals surface area contributed by atoms with Gasteiger partial charge in [-0.05, 0) is 32.9 Å². The molecule has 1 aliphatic rings. The van der Waals surface area contributed by atoms with Crippen LogP contribution in [0.15, 0.2) is 24.5 Å². The summed E-state index contributed by atoms with van der Waals surface area (Å²) in [4.78, 5) is 30.2. The third kappa shape index (κ3) is 3.88. The highest BCUT2D eigenvalue weighted by atomic mass is 16.5. The zero-order valence-electron chi connectivity index (χ0n) is 12.8. The number of rotatable bonds is 4. The number of ketones is 1. The van der Waals surface area contributed by atoms with Gasteiger partial charge in [0, 0.05) is 37.3 Å². The number of hydrogen-bond acceptors (Lipinski definition) is 4. The summed E-state index contributed by atoms with van der Waals surface area (Å²) < 4.78 is 5.60. The fourth-order valence-electron chi connectivity index (χ4n) is 2.45. The number of hydrogen-bond donors (Lipinski definition) is 0. The Morgan fingerprint density at radius 3 is 2.86 bits per heavy atom. The van der Waals surface area contributed by atoms with Gasteiger partial charge in [0.15, 0.2) is 5.78 Å². The van der Waals surface area contributed by atoms with Crippen molar-refractivity contribution in [2.24, 2.45) is 0 Å². The number of carbonyl (C=O) groups excluding carboxylic acids is 2. The van der Waals surface area contributed by atoms with Crippen molar-refractivity contribution in [2.75, 3.05) is 13.2 Å². The Labute approximate surface area is 125 Å². The first-order valence-corrected chi connectivity index (χ1v) is 7.25. The van der Waals surface area contributed by atoms with Gasteiger partial charge in [-0.3, -0.25) is 14.6 Å². The topological polar surface area (TPSA) is 59.5 Å². The van der Waals surface area contributed by atoms with E-state index in [2.05, 4.69) is 4.98 Å². The maximum atomic E-state index is 12.4. The van der Waals surface area contributed by atoms with Gasteiger partial charge in [0.2, 0.25) is 5.91 Å². The predicted octanol–water partition coefficient (Wildman–Crippen LogP) is 2.07. The molecule has 1 aromatic rings. The maximum Gasteiger partial charge on any atom is 0.223 e. The lowest BCUT2D eigenvalue weighted by Crippen LogP contribution is -2.57. The lowest BCUT2D eigenvalue weighted by Gasteiger charge is -2.44. The van der Waals surface area contributed by atoms with Crippen molar-refractivity contribution in [1.82, 2.24) is 9.88 Å². The molecule has 5 heteroatoms. The molecule has 1 aromatic heterocycles. The van der Waals surface area contributed by atoms with Gasteiger partial charge in [-0.1, -0.05) is 0 Å². The SMILES string of the molecule is CC1CN(C(=O)CCC(=O)c2cccnc2)C(C)(C)CO1. The Kier molecular flexibility index (Phi) is 4.73. The van der Waals surface area contributed by atoms with Gasteiger partial charge in [0.05, 0.1) is 18.2 Å². The van der Waals surface area contributed by atoms with Gasteiger partial charge in [0.1, 0.15) is 0 Å². The summed E-state index contributed by atoms with van der Waals surface area (Å²) in [7, 11) is 0. The molecule has 0 aliphatic carbocycles. The first-order valence-electron chi connectivity index (χ1n) is 7.25. The number of Topliss-reactive ketones (excluding diaryl/α,β-unsaturated/α-hetero) is 1. The second-order valence-electron chi connectivity index (χ2n) is 6.10. The summed E-state index contributed by atoms with van der Waals surface area (Å²) in [5.74, 6) is -0.0389. The van der Waals surface area contributed by atoms with E-state index in [1.165, 1.54) is 6.20 Å². The van der Waals surface area contributed by atoms with Crippen molar-refractivity contribution in [2.45, 2.75) is 45.3 Å². The average molecular weight is 290 g/mol. The van der Waals surface area contributed by atoms with Crippen LogP contribution in [0.5, 0.6) is 0 Å². The van der Waals surface area contributed by atoms with Gasteiger partial charge in [-0.15, -0.1) is 0 Å². The molecule has 2 heterocycles. The monoisotopic (exact) mass is 290 g/mol. The zero-order valence-corrected chi connectivity index (χ0v) is 12.8. The van der Waals surface area contributed by atoms with Crippen molar-refractivity contribution < 1.29 is 14.3 Å². The van der Waals surface area contributed by atoms with Crippen molar-refractivity contribution in [3.63, 3.8) is 0 Å². The highest BCUT2D eigenvalue weighted by Gasteiger charge is 2.36. The Bertz CT molecular complexity index is 514. The average Bonchev–Trinajstić information content (AvgIpc) is 2.48. The quantitative estimate of drug-likeness (QED) is 0.797. The molecule has 0 bridgehead atoms. The minimum Gasteiger partial charge on any atom is -0.374 e. The molecule has 0 radical (unpaired) electrons. The van der Waals surface area contributed by atoms with Crippen molar-refractivity contribution in [3.05, 3.63) is 30.1 Å². The Balaban J connectivity index is 1.93. The van der Waals surface area contributed by atoms with Crippen LogP contribution in [0.3, 0.4) is 0 Å². The summed E-state index contributed by atoms with van der Waals surface area (Å²) >= 11 is 0. The number of amides is 1. The first kappa shape index (κ1) is 15.6. The largest absolute Gasteiger partial charge is 0.374 e. The predicted molar refractivity (Wildman–Crippen MR) is 79.0 cm³/mol. The van der Waals surface area contributed by atoms with E-state index in [1.807, 2.05) is 25.7 Å². The molecule has 1 unspecified atom stereocenters. The van der Waals surface area contributed by atoms with E-state index in [-0.39, 0.29) is 36.2 Å². The van der Waals surface area contributed by atoms with Gasteiger partial charge in [0.25, 0.3) is 0 Å². The van der Waals surface area contributed by atoms with Gasteiger partial charge in [-0.2, -0.15) is 0 Å². The molecule has 1 fully saturated rings. The van der Waals surface area contributed by atoms with E-state index in [9.17, 15) is 9.59 Å². The van der Waals surface area contributed by atoms with Crippen molar-refractivity contribution >= 4 is 11.7 Å². The number of pyridine rings is 1. The molecular formula is C16H22N2O3. The first-order chi connectivity index (χ1) is 9.90. The fourth-order valence-corrected chi connectivity index (χ4v) is 2.45. The van der Waals surface area contributed by atoms with Crippen molar-refractivity contribution in [1.29, 1.82) is 0 Å². The molecule has 0 spiro atoms. The summed E-state index contributed by atoms with van der Waals surface area (Å²) in [6, 6.07) is 3.45. The van der Waals surface area contributed by atoms with E-state index in [0.29, 0.717) is 18.7 Å². The molecule has 1 atom stereocenters. The molecule has 0 N–H and O–H groups in total. The second-order valence-corrected chi connectivity index (χ2v) is 6.10. The summed E-state index contributed by atoms with van der Waals surface area (Å²) in [5.41, 5.74) is 0.237. The third-order valence-electron chi connectivity index (χ3n) is 3.74. The molecule has 0 saturated carbocycles. The molecule has 1 saturated heterocycles. The zero-order chi connectivity index (χ0) is 15.5. The molecule has 114 valence electrons. The molecular weight excluding hydrogens is 268 g/mol. The second kappa shape index (κ2) is 6.35. The number of aromatic nitrogens is 1. The number of carbonyl (C=O) groups is 2. The molecule has 0 aromatic carbocycles. The normalized spacial score (nSPS) is 21.1. The highest BCUT2D eigenvalue weighted by Crippen LogP contribution is 2.23. The maximum absolute atomic E-state index is 12.4. The van der Waals surface area contributed by atoms with Crippen LogP contribution >= 0.6 is 0 Å². The Hall–Kier alpha value is -1.75. The molecule has 1 aliphatic heterocycles. The van der Waals surface area contributed by atoms with Crippen molar-refractivity contribution in [3.8, 4) is 0 Å². The van der Waals surface area contributed by atoms with E-state index in [0.717, 1.165) is 0 Å². The van der Waals surface area contributed by atoms with Crippen LogP contribution in [0.4, 0.5) is 0 Å². The Morgan fingerprint density at radius 1 is 1.43 bits per heavy atom. The summed E-state index contributed by atoms with van der Waals surface area (Å²) in [5, 5.41) is 0. The number of nitrogens with zero attached hydrogens (tertiary/aromatic N) is 2. The van der Waals surface area contributed by atoms with Crippen LogP contribution in [0.2, 0.25) is 0 Å². The van der Waals surface area contributed by atoms with E-state index in [4.69, 9.17) is 4.74 Å². The molecule has 21 heavy (non-hydrogen) atoms. The van der Waals surface area contributed by atoms with Gasteiger partial charge in [-0.25, -0.2) is 0 Å². The van der Waals surface area contributed by atoms with Crippen LogP contribution in [0.25, 0.3) is 0 Å². The molecule has 2 rings (SSSR count). The van der Waals surface area contributed by atoms with Gasteiger partial charge < -0.3 is 9.64 Å². The van der Waals surface area contributed by atoms with Crippen LogP contribution in [-0.4, -0.2) is 46.4 Å². The lowest BCUT2D eigenvalue weighted by molar-refractivity contribution is -0.152. The van der Waals surface area contributed by atoms with E-state index in [1.54, 1.807) is 18.3 Å². The lowest BCUT2D eigenvalue weighted by atomic mass is 9.99. The highest BCUT2D eigenvalue weighted by molar-refractivity contribution is 5.97. The van der Waals surface area contributed by atoms with E-state index < -0.39 is 0 Å². The van der Waals surface area contributed by atoms with Gasteiger partial charge >= 0.3 is 0 Å². The van der Waals surface area contributed by atoms with E-state index >= 15 is 0 Å². The summed E-state index contributed by atoms with van der Waals surface area (Å²) in [6.45, 7) is 7.03. The molecule has 1 amide bonds. The number of ether oxygens (including phenoxy) is 1. The third-order valence-corrected chi connectivity index (χ3v) is 3.74. The van der Waals surface area contributed by atoms with Crippen LogP contribution < -0.4 is 0 Å². The minimum atomic E-state index is -0.319. The minimum absolute atomic E-state index is 0.00684. The number of morpholine rings is 1. The van der Waals surface area contributed by atoms with Crippen LogP contribution in [-0.2, 0) is 9.53 Å². The van der Waals surface area contributed by atoms with Crippen LogP contribution in [0, 0.1) is 0 Å². The summed E-state index contributed by atoms with van der Waals surface area (Å²) in [6.07, 6.45) is 3.64. The van der Waals surface area contributed by atoms with Crippen LogP contribution in [0.1, 0.15) is 44.0 Å². The Morgan fingerprint density at radius 2 is 2.19 bits per heavy atom.